The van der Waals surface area contributed by atoms with E-state index in [-0.39, 0.29) is 5.82 Å². The Labute approximate surface area is 116 Å². The van der Waals surface area contributed by atoms with E-state index in [0.29, 0.717) is 16.0 Å². The SMILES string of the molecule is Cc1cnc(Nc2c(F)cccc2Br)c(Br)c1. The number of aryl methyl sites for hydroxylation is 1. The molecule has 0 saturated heterocycles. The molecule has 0 atom stereocenters. The molecule has 2 aromatic rings. The van der Waals surface area contributed by atoms with Gasteiger partial charge in [-0.15, -0.1) is 0 Å². The minimum Gasteiger partial charge on any atom is -0.336 e. The van der Waals surface area contributed by atoms with E-state index in [9.17, 15) is 4.39 Å². The number of para-hydroxylation sites is 1. The third-order valence-electron chi connectivity index (χ3n) is 2.18. The van der Waals surface area contributed by atoms with Crippen LogP contribution >= 0.6 is 31.9 Å². The average molecular weight is 360 g/mol. The number of rotatable bonds is 2. The second-order valence-electron chi connectivity index (χ2n) is 3.56. The highest BCUT2D eigenvalue weighted by atomic mass is 79.9. The fraction of sp³-hybridized carbons (Fsp3) is 0.0833. The van der Waals surface area contributed by atoms with Crippen LogP contribution in [0, 0.1) is 12.7 Å². The molecule has 1 N–H and O–H groups in total. The van der Waals surface area contributed by atoms with E-state index in [4.69, 9.17) is 0 Å². The van der Waals surface area contributed by atoms with Crippen LogP contribution in [0.2, 0.25) is 0 Å². The molecule has 88 valence electrons. The molecule has 0 aliphatic rings. The van der Waals surface area contributed by atoms with Crippen LogP contribution in [0.25, 0.3) is 0 Å². The van der Waals surface area contributed by atoms with Gasteiger partial charge in [0.15, 0.2) is 0 Å². The molecular weight excluding hydrogens is 351 g/mol. The average Bonchev–Trinajstić information content (AvgIpc) is 2.26. The Morgan fingerprint density at radius 2 is 2.00 bits per heavy atom. The fourth-order valence-corrected chi connectivity index (χ4v) is 2.36. The monoisotopic (exact) mass is 358 g/mol. The van der Waals surface area contributed by atoms with Crippen LogP contribution in [-0.4, -0.2) is 4.98 Å². The smallest absolute Gasteiger partial charge is 0.147 e. The standard InChI is InChI=1S/C12H9Br2FN2/c1-7-5-9(14)12(16-6-7)17-11-8(13)3-2-4-10(11)15/h2-6H,1H3,(H,16,17). The number of benzene rings is 1. The van der Waals surface area contributed by atoms with Gasteiger partial charge < -0.3 is 5.32 Å². The van der Waals surface area contributed by atoms with Gasteiger partial charge in [0.1, 0.15) is 11.6 Å². The summed E-state index contributed by atoms with van der Waals surface area (Å²) in [6, 6.07) is 6.73. The molecule has 1 aromatic carbocycles. The molecule has 17 heavy (non-hydrogen) atoms. The summed E-state index contributed by atoms with van der Waals surface area (Å²) < 4.78 is 15.1. The predicted molar refractivity (Wildman–Crippen MR) is 74.1 cm³/mol. The highest BCUT2D eigenvalue weighted by Gasteiger charge is 2.09. The molecule has 0 unspecified atom stereocenters. The Morgan fingerprint density at radius 3 is 2.65 bits per heavy atom. The van der Waals surface area contributed by atoms with Gasteiger partial charge in [-0.25, -0.2) is 9.37 Å². The van der Waals surface area contributed by atoms with Gasteiger partial charge >= 0.3 is 0 Å². The van der Waals surface area contributed by atoms with Crippen molar-refractivity contribution < 1.29 is 4.39 Å². The highest BCUT2D eigenvalue weighted by Crippen LogP contribution is 2.30. The molecule has 5 heteroatoms. The molecule has 0 fully saturated rings. The lowest BCUT2D eigenvalue weighted by atomic mass is 10.3. The summed E-state index contributed by atoms with van der Waals surface area (Å²) in [6.07, 6.45) is 1.72. The molecule has 0 aliphatic heterocycles. The topological polar surface area (TPSA) is 24.9 Å². The molecule has 1 heterocycles. The first-order chi connectivity index (χ1) is 8.08. The number of anilines is 2. The van der Waals surface area contributed by atoms with Crippen LogP contribution in [-0.2, 0) is 0 Å². The Bertz CT molecular complexity index is 538. The van der Waals surface area contributed by atoms with Gasteiger partial charge in [-0.1, -0.05) is 6.07 Å². The van der Waals surface area contributed by atoms with E-state index < -0.39 is 0 Å². The number of hydrogen-bond acceptors (Lipinski definition) is 2. The molecule has 0 radical (unpaired) electrons. The maximum atomic E-state index is 13.6. The van der Waals surface area contributed by atoms with Crippen molar-refractivity contribution in [1.29, 1.82) is 0 Å². The number of nitrogens with one attached hydrogen (secondary N) is 1. The number of aromatic nitrogens is 1. The van der Waals surface area contributed by atoms with E-state index in [2.05, 4.69) is 42.2 Å². The van der Waals surface area contributed by atoms with E-state index >= 15 is 0 Å². The van der Waals surface area contributed by atoms with Crippen molar-refractivity contribution in [3.8, 4) is 0 Å². The fourth-order valence-electron chi connectivity index (χ4n) is 1.36. The Morgan fingerprint density at radius 1 is 1.24 bits per heavy atom. The van der Waals surface area contributed by atoms with E-state index in [0.717, 1.165) is 10.0 Å². The van der Waals surface area contributed by atoms with Crippen LogP contribution in [0.4, 0.5) is 15.9 Å². The molecule has 0 spiro atoms. The summed E-state index contributed by atoms with van der Waals surface area (Å²) in [5.41, 5.74) is 1.42. The first-order valence-electron chi connectivity index (χ1n) is 4.91. The van der Waals surface area contributed by atoms with Crippen molar-refractivity contribution in [3.63, 3.8) is 0 Å². The van der Waals surface area contributed by atoms with Crippen molar-refractivity contribution in [2.45, 2.75) is 6.92 Å². The molecular formula is C12H9Br2FN2. The van der Waals surface area contributed by atoms with Crippen molar-refractivity contribution >= 4 is 43.4 Å². The lowest BCUT2D eigenvalue weighted by molar-refractivity contribution is 0.631. The lowest BCUT2D eigenvalue weighted by Crippen LogP contribution is -1.98. The number of nitrogens with zero attached hydrogens (tertiary/aromatic N) is 1. The van der Waals surface area contributed by atoms with Gasteiger partial charge in [0, 0.05) is 10.7 Å². The second kappa shape index (κ2) is 5.14. The third-order valence-corrected chi connectivity index (χ3v) is 3.45. The van der Waals surface area contributed by atoms with Crippen LogP contribution < -0.4 is 5.32 Å². The van der Waals surface area contributed by atoms with Crippen molar-refractivity contribution in [1.82, 2.24) is 4.98 Å². The maximum absolute atomic E-state index is 13.6. The molecule has 0 saturated carbocycles. The van der Waals surface area contributed by atoms with Gasteiger partial charge in [0.2, 0.25) is 0 Å². The second-order valence-corrected chi connectivity index (χ2v) is 5.27. The van der Waals surface area contributed by atoms with E-state index in [1.165, 1.54) is 6.07 Å². The minimum atomic E-state index is -0.325. The molecule has 2 rings (SSSR count). The van der Waals surface area contributed by atoms with Crippen LogP contribution in [0.1, 0.15) is 5.56 Å². The first-order valence-corrected chi connectivity index (χ1v) is 6.49. The molecule has 0 amide bonds. The van der Waals surface area contributed by atoms with Gasteiger partial charge in [-0.3, -0.25) is 0 Å². The lowest BCUT2D eigenvalue weighted by Gasteiger charge is -2.10. The minimum absolute atomic E-state index is 0.325. The Kier molecular flexibility index (Phi) is 3.79. The summed E-state index contributed by atoms with van der Waals surface area (Å²) in [7, 11) is 0. The zero-order valence-electron chi connectivity index (χ0n) is 8.97. The van der Waals surface area contributed by atoms with Crippen molar-refractivity contribution in [2.75, 3.05) is 5.32 Å². The normalized spacial score (nSPS) is 10.4. The largest absolute Gasteiger partial charge is 0.336 e. The predicted octanol–water partition coefficient (Wildman–Crippen LogP) is 4.80. The third kappa shape index (κ3) is 2.84. The summed E-state index contributed by atoms with van der Waals surface area (Å²) in [4.78, 5) is 4.21. The molecule has 0 aliphatic carbocycles. The van der Waals surface area contributed by atoms with Crippen LogP contribution in [0.5, 0.6) is 0 Å². The summed E-state index contributed by atoms with van der Waals surface area (Å²) in [5, 5.41) is 2.96. The molecule has 1 aromatic heterocycles. The van der Waals surface area contributed by atoms with Gasteiger partial charge in [0.25, 0.3) is 0 Å². The Balaban J connectivity index is 2.38. The van der Waals surface area contributed by atoms with Gasteiger partial charge in [-0.05, 0) is 62.5 Å². The van der Waals surface area contributed by atoms with E-state index in [1.54, 1.807) is 18.3 Å². The molecule has 2 nitrogen and oxygen atoms in total. The van der Waals surface area contributed by atoms with Crippen molar-refractivity contribution in [2.24, 2.45) is 0 Å². The van der Waals surface area contributed by atoms with Crippen LogP contribution in [0.15, 0.2) is 39.4 Å². The van der Waals surface area contributed by atoms with Gasteiger partial charge in [-0.2, -0.15) is 0 Å². The first kappa shape index (κ1) is 12.5. The van der Waals surface area contributed by atoms with Crippen LogP contribution in [0.3, 0.4) is 0 Å². The quantitative estimate of drug-likeness (QED) is 0.833. The molecule has 0 bridgehead atoms. The number of halogens is 3. The summed E-state index contributed by atoms with van der Waals surface area (Å²) >= 11 is 6.69. The maximum Gasteiger partial charge on any atom is 0.147 e. The zero-order valence-corrected chi connectivity index (χ0v) is 12.1. The Hall–Kier alpha value is -0.940. The van der Waals surface area contributed by atoms with Crippen molar-refractivity contribution in [3.05, 3.63) is 50.8 Å². The number of hydrogen-bond donors (Lipinski definition) is 1. The zero-order chi connectivity index (χ0) is 12.4. The summed E-state index contributed by atoms with van der Waals surface area (Å²) in [5.74, 6) is 0.259. The van der Waals surface area contributed by atoms with Gasteiger partial charge in [0.05, 0.1) is 10.2 Å². The number of pyridine rings is 1. The summed E-state index contributed by atoms with van der Waals surface area (Å²) in [6.45, 7) is 1.94. The van der Waals surface area contributed by atoms with E-state index in [1.807, 2.05) is 13.0 Å². The highest BCUT2D eigenvalue weighted by molar-refractivity contribution is 9.11.